The molecular weight excluding hydrogens is 621 g/mol. The molecule has 7 aromatic carbocycles. The summed E-state index contributed by atoms with van der Waals surface area (Å²) < 4.78 is 5.05. The van der Waals surface area contributed by atoms with E-state index in [9.17, 15) is 10.5 Å². The van der Waals surface area contributed by atoms with E-state index in [1.807, 2.05) is 53.8 Å². The number of benzene rings is 7. The smallest absolute Gasteiger partial charge is 0.0998 e. The van der Waals surface area contributed by atoms with Gasteiger partial charge < -0.3 is 0 Å². The highest BCUT2D eigenvalue weighted by Gasteiger charge is 2.20. The zero-order chi connectivity index (χ0) is 32.2. The third kappa shape index (κ3) is 4.51. The molecule has 4 heteroatoms. The summed E-state index contributed by atoms with van der Waals surface area (Å²) in [7, 11) is 0. The van der Waals surface area contributed by atoms with E-state index in [4.69, 9.17) is 0 Å². The quantitative estimate of drug-likeness (QED) is 0.191. The van der Waals surface area contributed by atoms with Crippen LogP contribution in [0, 0.1) is 22.7 Å². The van der Waals surface area contributed by atoms with Gasteiger partial charge in [-0.1, -0.05) is 91.0 Å². The fourth-order valence-electron chi connectivity index (χ4n) is 6.96. The molecule has 0 unspecified atom stereocenters. The van der Waals surface area contributed by atoms with Crippen molar-refractivity contribution in [2.75, 3.05) is 0 Å². The second kappa shape index (κ2) is 11.3. The lowest BCUT2D eigenvalue weighted by Gasteiger charge is -2.18. The molecule has 2 heterocycles. The highest BCUT2D eigenvalue weighted by Crippen LogP contribution is 2.45. The fraction of sp³-hybridized carbons (Fsp3) is 0. The van der Waals surface area contributed by atoms with E-state index < -0.39 is 0 Å². The number of thiophene rings is 2. The van der Waals surface area contributed by atoms with Crippen molar-refractivity contribution in [1.29, 1.82) is 10.5 Å². The maximum atomic E-state index is 10.5. The summed E-state index contributed by atoms with van der Waals surface area (Å²) >= 11 is 3.62. The Morgan fingerprint density at radius 1 is 0.354 bits per heavy atom. The molecule has 9 aromatic rings. The lowest BCUT2D eigenvalue weighted by Crippen LogP contribution is -1.95. The molecule has 48 heavy (non-hydrogen) atoms. The highest BCUT2D eigenvalue weighted by atomic mass is 32.1. The maximum absolute atomic E-state index is 10.5. The predicted molar refractivity (Wildman–Crippen MR) is 203 cm³/mol. The summed E-state index contributed by atoms with van der Waals surface area (Å²) in [5.74, 6) is 0. The number of hydrogen-bond acceptors (Lipinski definition) is 4. The number of nitrogens with zero attached hydrogens (tertiary/aromatic N) is 2. The second-order valence-electron chi connectivity index (χ2n) is 11.9. The highest BCUT2D eigenvalue weighted by molar-refractivity contribution is 7.26. The summed E-state index contributed by atoms with van der Waals surface area (Å²) in [6.07, 6.45) is 0. The Kier molecular flexibility index (Phi) is 6.66. The zero-order valence-electron chi connectivity index (χ0n) is 25.6. The maximum Gasteiger partial charge on any atom is 0.0998 e. The van der Waals surface area contributed by atoms with Gasteiger partial charge in [0.05, 0.1) is 23.3 Å². The Labute approximate surface area is 285 Å². The molecule has 0 N–H and O–H groups in total. The van der Waals surface area contributed by atoms with Crippen LogP contribution in [0.1, 0.15) is 11.1 Å². The normalized spacial score (nSPS) is 11.3. The Hall–Kier alpha value is -6.04. The van der Waals surface area contributed by atoms with Gasteiger partial charge in [-0.15, -0.1) is 22.7 Å². The van der Waals surface area contributed by atoms with Crippen LogP contribution in [0.4, 0.5) is 0 Å². The number of nitriles is 2. The minimum Gasteiger partial charge on any atom is -0.192 e. The van der Waals surface area contributed by atoms with Gasteiger partial charge in [-0.3, -0.25) is 0 Å². The molecule has 0 fully saturated rings. The molecule has 0 saturated heterocycles. The summed E-state index contributed by atoms with van der Waals surface area (Å²) in [6.45, 7) is 0. The van der Waals surface area contributed by atoms with Crippen molar-refractivity contribution in [3.8, 4) is 56.6 Å². The van der Waals surface area contributed by atoms with E-state index >= 15 is 0 Å². The van der Waals surface area contributed by atoms with Gasteiger partial charge in [-0.2, -0.15) is 10.5 Å². The number of fused-ring (bicyclic) bond motifs is 6. The average Bonchev–Trinajstić information content (AvgIpc) is 3.72. The van der Waals surface area contributed by atoms with E-state index in [0.29, 0.717) is 11.1 Å². The number of hydrogen-bond donors (Lipinski definition) is 0. The van der Waals surface area contributed by atoms with E-state index in [-0.39, 0.29) is 0 Å². The lowest BCUT2D eigenvalue weighted by molar-refractivity contribution is 1.45. The first-order valence-corrected chi connectivity index (χ1v) is 17.3. The van der Waals surface area contributed by atoms with Crippen LogP contribution in [0.15, 0.2) is 146 Å². The van der Waals surface area contributed by atoms with Crippen LogP contribution in [0.3, 0.4) is 0 Å². The van der Waals surface area contributed by atoms with Crippen molar-refractivity contribution in [2.45, 2.75) is 0 Å². The Balaban J connectivity index is 1.33. The molecule has 0 aliphatic rings. The number of rotatable bonds is 4. The van der Waals surface area contributed by atoms with Gasteiger partial charge >= 0.3 is 0 Å². The molecule has 0 saturated carbocycles. The van der Waals surface area contributed by atoms with E-state index in [1.54, 1.807) is 11.3 Å². The van der Waals surface area contributed by atoms with Crippen LogP contribution in [-0.4, -0.2) is 0 Å². The molecule has 0 bridgehead atoms. The van der Waals surface area contributed by atoms with Gasteiger partial charge in [0.15, 0.2) is 0 Å². The van der Waals surface area contributed by atoms with Crippen LogP contribution < -0.4 is 0 Å². The van der Waals surface area contributed by atoms with Crippen molar-refractivity contribution in [2.24, 2.45) is 0 Å². The molecule has 2 aromatic heterocycles. The average molecular weight is 645 g/mol. The fourth-order valence-corrected chi connectivity index (χ4v) is 9.13. The lowest BCUT2D eigenvalue weighted by atomic mass is 9.84. The minimum atomic E-state index is 0.569. The molecule has 0 radical (unpaired) electrons. The first kappa shape index (κ1) is 28.2. The molecule has 222 valence electrons. The minimum absolute atomic E-state index is 0.569. The van der Waals surface area contributed by atoms with E-state index in [0.717, 1.165) is 44.5 Å². The first-order valence-electron chi connectivity index (χ1n) is 15.7. The topological polar surface area (TPSA) is 47.6 Å². The van der Waals surface area contributed by atoms with Gasteiger partial charge in [0, 0.05) is 51.5 Å². The monoisotopic (exact) mass is 644 g/mol. The SMILES string of the molecule is N#Cc1ccccc1-c1cccc(C#N)c1-c1cc(-c2ccc3sc4ccccc4c3c2)ccc1-c1ccc2sc3ccccc3c2c1. The van der Waals surface area contributed by atoms with Crippen molar-refractivity contribution in [3.05, 3.63) is 157 Å². The van der Waals surface area contributed by atoms with Crippen LogP contribution in [-0.2, 0) is 0 Å². The van der Waals surface area contributed by atoms with Crippen molar-refractivity contribution in [1.82, 2.24) is 0 Å². The van der Waals surface area contributed by atoms with Gasteiger partial charge in [0.2, 0.25) is 0 Å². The molecule has 9 rings (SSSR count). The van der Waals surface area contributed by atoms with Crippen molar-refractivity contribution in [3.63, 3.8) is 0 Å². The summed E-state index contributed by atoms with van der Waals surface area (Å²) in [5.41, 5.74) is 8.92. The Morgan fingerprint density at radius 3 is 1.58 bits per heavy atom. The summed E-state index contributed by atoms with van der Waals surface area (Å²) in [4.78, 5) is 0. The van der Waals surface area contributed by atoms with Crippen LogP contribution in [0.5, 0.6) is 0 Å². The molecule has 0 amide bonds. The van der Waals surface area contributed by atoms with Crippen LogP contribution in [0.25, 0.3) is 84.9 Å². The molecule has 0 aliphatic heterocycles. The van der Waals surface area contributed by atoms with E-state index in [1.165, 1.54) is 40.3 Å². The standard InChI is InChI=1S/C44H24N2S2/c45-25-30-8-1-2-10-32(30)36-13-7-9-31(26-46)44(36)39-23-27(28-17-20-42-37(22-28)34-11-3-5-14-40(34)47-42)16-19-33(39)29-18-21-43-38(24-29)35-12-4-6-15-41(35)48-43/h1-24H. The molecule has 0 atom stereocenters. The zero-order valence-corrected chi connectivity index (χ0v) is 27.2. The molecule has 2 nitrogen and oxygen atoms in total. The van der Waals surface area contributed by atoms with Crippen LogP contribution >= 0.6 is 22.7 Å². The largest absolute Gasteiger partial charge is 0.192 e. The molecule has 0 aliphatic carbocycles. The Morgan fingerprint density at radius 2 is 0.875 bits per heavy atom. The Bertz CT molecular complexity index is 2820. The van der Waals surface area contributed by atoms with Crippen LogP contribution in [0.2, 0.25) is 0 Å². The van der Waals surface area contributed by atoms with E-state index in [2.05, 4.69) is 115 Å². The van der Waals surface area contributed by atoms with Crippen molar-refractivity contribution >= 4 is 63.0 Å². The third-order valence-electron chi connectivity index (χ3n) is 9.21. The van der Waals surface area contributed by atoms with Gasteiger partial charge in [-0.05, 0) is 88.0 Å². The second-order valence-corrected chi connectivity index (χ2v) is 14.0. The predicted octanol–water partition coefficient (Wildman–Crippen LogP) is 12.8. The van der Waals surface area contributed by atoms with Gasteiger partial charge in [0.1, 0.15) is 0 Å². The molecular formula is C44H24N2S2. The molecule has 0 spiro atoms. The summed E-state index contributed by atoms with van der Waals surface area (Å²) in [6, 6.07) is 55.5. The van der Waals surface area contributed by atoms with Gasteiger partial charge in [-0.25, -0.2) is 0 Å². The third-order valence-corrected chi connectivity index (χ3v) is 11.5. The first-order chi connectivity index (χ1) is 23.7. The summed E-state index contributed by atoms with van der Waals surface area (Å²) in [5, 5.41) is 25.6. The van der Waals surface area contributed by atoms with Crippen molar-refractivity contribution < 1.29 is 0 Å². The van der Waals surface area contributed by atoms with Gasteiger partial charge in [0.25, 0.3) is 0 Å².